The van der Waals surface area contributed by atoms with Crippen molar-refractivity contribution in [1.82, 2.24) is 0 Å². The zero-order valence-electron chi connectivity index (χ0n) is 10.8. The molecule has 100 valence electrons. The van der Waals surface area contributed by atoms with Crippen molar-refractivity contribution in [2.75, 3.05) is 5.32 Å². The molecule has 0 amide bonds. The third-order valence-electron chi connectivity index (χ3n) is 3.47. The normalized spacial score (nSPS) is 21.1. The number of halogens is 1. The van der Waals surface area contributed by atoms with Gasteiger partial charge in [-0.1, -0.05) is 48.0 Å². The maximum absolute atomic E-state index is 12.1. The molecule has 0 aromatic heterocycles. The summed E-state index contributed by atoms with van der Waals surface area (Å²) in [6.07, 6.45) is 3.58. The summed E-state index contributed by atoms with van der Waals surface area (Å²) in [7, 11) is 0. The van der Waals surface area contributed by atoms with Gasteiger partial charge in [-0.2, -0.15) is 0 Å². The van der Waals surface area contributed by atoms with Crippen LogP contribution >= 0.6 is 11.6 Å². The van der Waals surface area contributed by atoms with E-state index in [0.29, 0.717) is 5.02 Å². The number of carbonyl (C=O) groups is 1. The maximum atomic E-state index is 12.1. The smallest absolute Gasteiger partial charge is 0.165 e. The van der Waals surface area contributed by atoms with Crippen LogP contribution < -0.4 is 5.32 Å². The molecule has 2 atom stereocenters. The van der Waals surface area contributed by atoms with Gasteiger partial charge in [-0.3, -0.25) is 4.79 Å². The maximum Gasteiger partial charge on any atom is 0.165 e. The van der Waals surface area contributed by atoms with Crippen LogP contribution in [-0.2, 0) is 4.79 Å². The van der Waals surface area contributed by atoms with Crippen LogP contribution in [0.25, 0.3) is 0 Å². The number of hydrogen-bond donors (Lipinski definition) is 1. The first-order valence-corrected chi connectivity index (χ1v) is 6.91. The number of anilines is 1. The second-order valence-corrected chi connectivity index (χ2v) is 5.26. The molecule has 0 spiro atoms. The van der Waals surface area contributed by atoms with Crippen molar-refractivity contribution in [3.05, 3.63) is 77.3 Å². The number of nitrogens with one attached hydrogen (secondary N) is 1. The highest BCUT2D eigenvalue weighted by atomic mass is 35.5. The van der Waals surface area contributed by atoms with Gasteiger partial charge in [-0.25, -0.2) is 0 Å². The number of carbonyl (C=O) groups excluding carboxylic acids is 1. The van der Waals surface area contributed by atoms with Crippen LogP contribution in [0.15, 0.2) is 66.7 Å². The van der Waals surface area contributed by atoms with E-state index in [1.807, 2.05) is 60.7 Å². The van der Waals surface area contributed by atoms with Gasteiger partial charge in [0.1, 0.15) is 0 Å². The molecule has 2 nitrogen and oxygen atoms in total. The molecule has 0 saturated carbocycles. The summed E-state index contributed by atoms with van der Waals surface area (Å²) in [5.41, 5.74) is 1.99. The summed E-state index contributed by atoms with van der Waals surface area (Å²) < 4.78 is 0. The average Bonchev–Trinajstić information content (AvgIpc) is 2.83. The Morgan fingerprint density at radius 3 is 2.35 bits per heavy atom. The topological polar surface area (TPSA) is 29.1 Å². The number of ketones is 1. The van der Waals surface area contributed by atoms with Crippen LogP contribution in [0.2, 0.25) is 5.02 Å². The van der Waals surface area contributed by atoms with Gasteiger partial charge in [0.2, 0.25) is 0 Å². The number of rotatable bonds is 3. The third kappa shape index (κ3) is 2.61. The zero-order valence-corrected chi connectivity index (χ0v) is 11.5. The average molecular weight is 284 g/mol. The van der Waals surface area contributed by atoms with Crippen LogP contribution in [0.1, 0.15) is 11.5 Å². The largest absolute Gasteiger partial charge is 0.378 e. The minimum Gasteiger partial charge on any atom is -0.378 e. The van der Waals surface area contributed by atoms with E-state index in [-0.39, 0.29) is 17.7 Å². The third-order valence-corrected chi connectivity index (χ3v) is 3.72. The Labute approximate surface area is 123 Å². The number of allylic oxidation sites excluding steroid dienone is 1. The van der Waals surface area contributed by atoms with Gasteiger partial charge in [-0.05, 0) is 35.9 Å². The first-order chi connectivity index (χ1) is 9.74. The summed E-state index contributed by atoms with van der Waals surface area (Å²) >= 11 is 5.88. The second-order valence-electron chi connectivity index (χ2n) is 4.83. The fraction of sp³-hybridized carbons (Fsp3) is 0.118. The van der Waals surface area contributed by atoms with E-state index >= 15 is 0 Å². The van der Waals surface area contributed by atoms with E-state index in [4.69, 9.17) is 11.6 Å². The molecule has 3 heteroatoms. The summed E-state index contributed by atoms with van der Waals surface area (Å²) in [6.45, 7) is 0. The molecule has 0 aliphatic heterocycles. The first kappa shape index (κ1) is 12.9. The predicted octanol–water partition coefficient (Wildman–Crippen LogP) is 4.04. The van der Waals surface area contributed by atoms with E-state index in [1.165, 1.54) is 0 Å². The predicted molar refractivity (Wildman–Crippen MR) is 82.2 cm³/mol. The monoisotopic (exact) mass is 283 g/mol. The molecule has 0 bridgehead atoms. The lowest BCUT2D eigenvalue weighted by atomic mass is 9.92. The molecule has 2 aromatic rings. The van der Waals surface area contributed by atoms with Crippen LogP contribution in [-0.4, -0.2) is 11.8 Å². The molecule has 2 aromatic carbocycles. The summed E-state index contributed by atoms with van der Waals surface area (Å²) in [5.74, 6) is -0.0189. The molecule has 1 aliphatic rings. The standard InChI is InChI=1S/C17H14ClNO/c18-13-6-8-14(9-7-13)19-15-10-11-16(20)17(15)12-4-2-1-3-5-12/h1-11,15,17,19H/t15-,17+/m1/s1. The quantitative estimate of drug-likeness (QED) is 0.921. The summed E-state index contributed by atoms with van der Waals surface area (Å²) in [6, 6.07) is 17.3. The minimum atomic E-state index is -0.160. The minimum absolute atomic E-state index is 0.0222. The van der Waals surface area contributed by atoms with Gasteiger partial charge in [0.25, 0.3) is 0 Å². The molecule has 20 heavy (non-hydrogen) atoms. The Hall–Kier alpha value is -2.06. The van der Waals surface area contributed by atoms with Gasteiger partial charge in [0, 0.05) is 10.7 Å². The van der Waals surface area contributed by atoms with Crippen LogP contribution in [0, 0.1) is 0 Å². The fourth-order valence-electron chi connectivity index (χ4n) is 2.49. The molecule has 0 radical (unpaired) electrons. The van der Waals surface area contributed by atoms with Crippen molar-refractivity contribution < 1.29 is 4.79 Å². The van der Waals surface area contributed by atoms with Crippen LogP contribution in [0.3, 0.4) is 0 Å². The van der Waals surface area contributed by atoms with E-state index in [1.54, 1.807) is 6.08 Å². The van der Waals surface area contributed by atoms with Crippen molar-refractivity contribution in [2.45, 2.75) is 12.0 Å². The Morgan fingerprint density at radius 1 is 0.950 bits per heavy atom. The lowest BCUT2D eigenvalue weighted by Gasteiger charge is -2.21. The van der Waals surface area contributed by atoms with Crippen LogP contribution in [0.4, 0.5) is 5.69 Å². The van der Waals surface area contributed by atoms with Gasteiger partial charge in [0.15, 0.2) is 5.78 Å². The fourth-order valence-corrected chi connectivity index (χ4v) is 2.62. The number of benzene rings is 2. The van der Waals surface area contributed by atoms with Crippen molar-refractivity contribution in [1.29, 1.82) is 0 Å². The van der Waals surface area contributed by atoms with E-state index in [2.05, 4.69) is 5.32 Å². The lowest BCUT2D eigenvalue weighted by molar-refractivity contribution is -0.115. The van der Waals surface area contributed by atoms with Crippen molar-refractivity contribution in [2.24, 2.45) is 0 Å². The highest BCUT2D eigenvalue weighted by Gasteiger charge is 2.31. The first-order valence-electron chi connectivity index (χ1n) is 6.53. The Kier molecular flexibility index (Phi) is 3.57. The SMILES string of the molecule is O=C1C=C[C@@H](Nc2ccc(Cl)cc2)[C@@H]1c1ccccc1. The molecule has 0 heterocycles. The molecule has 1 aliphatic carbocycles. The molecule has 0 fully saturated rings. The van der Waals surface area contributed by atoms with Crippen molar-refractivity contribution >= 4 is 23.1 Å². The summed E-state index contributed by atoms with van der Waals surface area (Å²) in [5, 5.41) is 4.08. The van der Waals surface area contributed by atoms with Gasteiger partial charge < -0.3 is 5.32 Å². The molecule has 0 unspecified atom stereocenters. The molecule has 0 saturated heterocycles. The Bertz CT molecular complexity index is 634. The highest BCUT2D eigenvalue weighted by molar-refractivity contribution is 6.30. The van der Waals surface area contributed by atoms with Crippen molar-refractivity contribution in [3.8, 4) is 0 Å². The molecular weight excluding hydrogens is 270 g/mol. The molecule has 3 rings (SSSR count). The van der Waals surface area contributed by atoms with Crippen LogP contribution in [0.5, 0.6) is 0 Å². The second kappa shape index (κ2) is 5.51. The van der Waals surface area contributed by atoms with E-state index in [0.717, 1.165) is 11.3 Å². The molecular formula is C17H14ClNO. The van der Waals surface area contributed by atoms with Gasteiger partial charge in [0.05, 0.1) is 12.0 Å². The van der Waals surface area contributed by atoms with Gasteiger partial charge in [-0.15, -0.1) is 0 Å². The Morgan fingerprint density at radius 2 is 1.65 bits per heavy atom. The summed E-state index contributed by atoms with van der Waals surface area (Å²) in [4.78, 5) is 12.1. The lowest BCUT2D eigenvalue weighted by Crippen LogP contribution is -2.25. The van der Waals surface area contributed by atoms with Crippen molar-refractivity contribution in [3.63, 3.8) is 0 Å². The van der Waals surface area contributed by atoms with E-state index in [9.17, 15) is 4.79 Å². The zero-order chi connectivity index (χ0) is 13.9. The van der Waals surface area contributed by atoms with E-state index < -0.39 is 0 Å². The van der Waals surface area contributed by atoms with Gasteiger partial charge >= 0.3 is 0 Å². The Balaban J connectivity index is 1.83. The number of hydrogen-bond acceptors (Lipinski definition) is 2. The highest BCUT2D eigenvalue weighted by Crippen LogP contribution is 2.29. The molecule has 1 N–H and O–H groups in total.